The van der Waals surface area contributed by atoms with Gasteiger partial charge in [-0.25, -0.2) is 4.79 Å². The van der Waals surface area contributed by atoms with Crippen LogP contribution >= 0.6 is 0 Å². The topological polar surface area (TPSA) is 70.5 Å². The van der Waals surface area contributed by atoms with Crippen molar-refractivity contribution in [1.29, 1.82) is 0 Å². The first kappa shape index (κ1) is 19.1. The Morgan fingerprint density at radius 2 is 1.78 bits per heavy atom. The van der Waals surface area contributed by atoms with E-state index >= 15 is 0 Å². The summed E-state index contributed by atoms with van der Waals surface area (Å²) in [6, 6.07) is 10.9. The molecule has 0 spiro atoms. The maximum atomic E-state index is 12.5. The Labute approximate surface area is 160 Å². The zero-order valence-corrected chi connectivity index (χ0v) is 16.1. The summed E-state index contributed by atoms with van der Waals surface area (Å²) in [4.78, 5) is 30.3. The molecule has 5 heteroatoms. The summed E-state index contributed by atoms with van der Waals surface area (Å²) < 4.78 is 0. The van der Waals surface area contributed by atoms with Crippen molar-refractivity contribution in [1.82, 2.24) is 9.88 Å². The Kier molecular flexibility index (Phi) is 5.31. The Morgan fingerprint density at radius 1 is 1.11 bits per heavy atom. The molecule has 3 rings (SSSR count). The number of carbonyl (C=O) groups excluding carboxylic acids is 1. The SMILES string of the molecule is CC(C)(C)C(=O)N1CCC(c2ccnc(-c3ccccc3C(=O)O)c2)CC1. The van der Waals surface area contributed by atoms with Crippen LogP contribution in [0.2, 0.25) is 0 Å². The summed E-state index contributed by atoms with van der Waals surface area (Å²) in [7, 11) is 0. The number of carboxylic acids is 1. The minimum atomic E-state index is -0.952. The van der Waals surface area contributed by atoms with Crippen LogP contribution in [0.15, 0.2) is 42.6 Å². The Morgan fingerprint density at radius 3 is 2.41 bits per heavy atom. The lowest BCUT2D eigenvalue weighted by atomic mass is 9.87. The zero-order valence-electron chi connectivity index (χ0n) is 16.1. The molecule has 142 valence electrons. The van der Waals surface area contributed by atoms with Gasteiger partial charge in [0, 0.05) is 30.3 Å². The van der Waals surface area contributed by atoms with Crippen molar-refractivity contribution >= 4 is 11.9 Å². The van der Waals surface area contributed by atoms with Crippen molar-refractivity contribution in [2.24, 2.45) is 5.41 Å². The standard InChI is InChI=1S/C22H26N2O3/c1-22(2,3)21(27)24-12-9-15(10-13-24)16-8-11-23-19(14-16)17-6-4-5-7-18(17)20(25)26/h4-8,11,14-15H,9-10,12-13H2,1-3H3,(H,25,26). The van der Waals surface area contributed by atoms with Crippen molar-refractivity contribution in [2.75, 3.05) is 13.1 Å². The number of nitrogens with zero attached hydrogens (tertiary/aromatic N) is 2. The fourth-order valence-corrected chi connectivity index (χ4v) is 3.63. The first-order chi connectivity index (χ1) is 12.8. The van der Waals surface area contributed by atoms with Crippen LogP contribution in [0.3, 0.4) is 0 Å². The summed E-state index contributed by atoms with van der Waals surface area (Å²) >= 11 is 0. The summed E-state index contributed by atoms with van der Waals surface area (Å²) in [6.45, 7) is 7.37. The van der Waals surface area contributed by atoms with Gasteiger partial charge in [0.05, 0.1) is 11.3 Å². The third kappa shape index (κ3) is 4.18. The zero-order chi connectivity index (χ0) is 19.6. The monoisotopic (exact) mass is 366 g/mol. The van der Waals surface area contributed by atoms with Gasteiger partial charge in [0.1, 0.15) is 0 Å². The lowest BCUT2D eigenvalue weighted by molar-refractivity contribution is -0.140. The van der Waals surface area contributed by atoms with Gasteiger partial charge >= 0.3 is 5.97 Å². The van der Waals surface area contributed by atoms with E-state index in [0.29, 0.717) is 17.2 Å². The van der Waals surface area contributed by atoms with Gasteiger partial charge in [-0.15, -0.1) is 0 Å². The number of likely N-dealkylation sites (tertiary alicyclic amines) is 1. The Hall–Kier alpha value is -2.69. The highest BCUT2D eigenvalue weighted by Gasteiger charge is 2.30. The summed E-state index contributed by atoms with van der Waals surface area (Å²) in [5.41, 5.74) is 2.37. The molecule has 5 nitrogen and oxygen atoms in total. The Balaban J connectivity index is 1.78. The second kappa shape index (κ2) is 7.51. The predicted molar refractivity (Wildman–Crippen MR) is 105 cm³/mol. The molecule has 1 amide bonds. The van der Waals surface area contributed by atoms with E-state index in [1.165, 1.54) is 0 Å². The number of rotatable bonds is 3. The first-order valence-electron chi connectivity index (χ1n) is 9.35. The second-order valence-electron chi connectivity index (χ2n) is 8.14. The van der Waals surface area contributed by atoms with Gasteiger partial charge in [-0.3, -0.25) is 9.78 Å². The fraction of sp³-hybridized carbons (Fsp3) is 0.409. The van der Waals surface area contributed by atoms with E-state index in [2.05, 4.69) is 4.98 Å². The molecule has 27 heavy (non-hydrogen) atoms. The molecule has 2 heterocycles. The third-order valence-electron chi connectivity index (χ3n) is 5.11. The van der Waals surface area contributed by atoms with E-state index in [4.69, 9.17) is 0 Å². The maximum Gasteiger partial charge on any atom is 0.336 e. The highest BCUT2D eigenvalue weighted by molar-refractivity contribution is 5.95. The van der Waals surface area contributed by atoms with E-state index in [1.54, 1.807) is 24.4 Å². The second-order valence-corrected chi connectivity index (χ2v) is 8.14. The highest BCUT2D eigenvalue weighted by atomic mass is 16.4. The molecular weight excluding hydrogens is 340 g/mol. The van der Waals surface area contributed by atoms with Crippen LogP contribution in [0.5, 0.6) is 0 Å². The van der Waals surface area contributed by atoms with Gasteiger partial charge in [0.2, 0.25) is 5.91 Å². The smallest absolute Gasteiger partial charge is 0.336 e. The Bertz CT molecular complexity index is 847. The van der Waals surface area contributed by atoms with Crippen LogP contribution in [0.1, 0.15) is 55.5 Å². The average molecular weight is 366 g/mol. The number of aromatic carboxylic acids is 1. The van der Waals surface area contributed by atoms with Crippen LogP contribution in [0.25, 0.3) is 11.3 Å². The van der Waals surface area contributed by atoms with E-state index in [-0.39, 0.29) is 16.9 Å². The fourth-order valence-electron chi connectivity index (χ4n) is 3.63. The number of hydrogen-bond donors (Lipinski definition) is 1. The summed E-state index contributed by atoms with van der Waals surface area (Å²) in [5.74, 6) is -0.397. The maximum absolute atomic E-state index is 12.5. The lowest BCUT2D eigenvalue weighted by Gasteiger charge is -2.36. The van der Waals surface area contributed by atoms with Crippen molar-refractivity contribution in [3.63, 3.8) is 0 Å². The van der Waals surface area contributed by atoms with Gasteiger partial charge in [-0.05, 0) is 42.5 Å². The number of pyridine rings is 1. The molecule has 0 unspecified atom stereocenters. The number of carbonyl (C=O) groups is 2. The highest BCUT2D eigenvalue weighted by Crippen LogP contribution is 2.32. The average Bonchev–Trinajstić information content (AvgIpc) is 2.67. The molecule has 2 aromatic rings. The van der Waals surface area contributed by atoms with E-state index < -0.39 is 5.97 Å². The molecule has 0 atom stereocenters. The molecule has 0 saturated carbocycles. The quantitative estimate of drug-likeness (QED) is 0.884. The van der Waals surface area contributed by atoms with Gasteiger partial charge in [-0.2, -0.15) is 0 Å². The molecule has 1 aromatic heterocycles. The third-order valence-corrected chi connectivity index (χ3v) is 5.11. The minimum Gasteiger partial charge on any atom is -0.478 e. The molecule has 1 fully saturated rings. The minimum absolute atomic E-state index is 0.201. The van der Waals surface area contributed by atoms with Gasteiger partial charge in [0.15, 0.2) is 0 Å². The molecule has 1 saturated heterocycles. The van der Waals surface area contributed by atoms with Crippen LogP contribution in [-0.2, 0) is 4.79 Å². The van der Waals surface area contributed by atoms with E-state index in [0.717, 1.165) is 31.5 Å². The van der Waals surface area contributed by atoms with Crippen LogP contribution in [0, 0.1) is 5.41 Å². The lowest BCUT2D eigenvalue weighted by Crippen LogP contribution is -2.43. The molecule has 1 aliphatic rings. The van der Waals surface area contributed by atoms with Crippen molar-refractivity contribution < 1.29 is 14.7 Å². The van der Waals surface area contributed by atoms with Gasteiger partial charge < -0.3 is 10.0 Å². The summed E-state index contributed by atoms with van der Waals surface area (Å²) in [6.07, 6.45) is 3.56. The molecule has 0 aliphatic carbocycles. The molecule has 0 bridgehead atoms. The molecule has 1 aliphatic heterocycles. The predicted octanol–water partition coefficient (Wildman–Crippen LogP) is 4.20. The van der Waals surface area contributed by atoms with Crippen molar-refractivity contribution in [2.45, 2.75) is 39.5 Å². The first-order valence-corrected chi connectivity index (χ1v) is 9.35. The summed E-state index contributed by atoms with van der Waals surface area (Å²) in [5, 5.41) is 9.43. The van der Waals surface area contributed by atoms with Gasteiger partial charge in [0.25, 0.3) is 0 Å². The largest absolute Gasteiger partial charge is 0.478 e. The number of hydrogen-bond acceptors (Lipinski definition) is 3. The van der Waals surface area contributed by atoms with Crippen LogP contribution in [0.4, 0.5) is 0 Å². The van der Waals surface area contributed by atoms with Crippen molar-refractivity contribution in [3.8, 4) is 11.3 Å². The number of benzene rings is 1. The molecule has 0 radical (unpaired) electrons. The van der Waals surface area contributed by atoms with Gasteiger partial charge in [-0.1, -0.05) is 39.0 Å². The van der Waals surface area contributed by atoms with E-state index in [1.807, 2.05) is 43.9 Å². The number of amides is 1. The van der Waals surface area contributed by atoms with E-state index in [9.17, 15) is 14.7 Å². The number of carboxylic acid groups (broad SMARTS) is 1. The molecular formula is C22H26N2O3. The number of piperidine rings is 1. The number of aromatic nitrogens is 1. The van der Waals surface area contributed by atoms with Crippen molar-refractivity contribution in [3.05, 3.63) is 53.7 Å². The normalized spacial score (nSPS) is 15.6. The van der Waals surface area contributed by atoms with Crippen LogP contribution < -0.4 is 0 Å². The molecule has 1 N–H and O–H groups in total. The van der Waals surface area contributed by atoms with Crippen LogP contribution in [-0.4, -0.2) is 40.0 Å². The molecule has 1 aromatic carbocycles.